The zero-order valence-corrected chi connectivity index (χ0v) is 18.0. The number of anilines is 2. The van der Waals surface area contributed by atoms with Crippen molar-refractivity contribution >= 4 is 39.2 Å². The van der Waals surface area contributed by atoms with E-state index in [0.717, 1.165) is 59.3 Å². The molecule has 7 nitrogen and oxygen atoms in total. The van der Waals surface area contributed by atoms with Gasteiger partial charge in [0.05, 0.1) is 28.1 Å². The Kier molecular flexibility index (Phi) is 5.75. The van der Waals surface area contributed by atoms with E-state index in [2.05, 4.69) is 22.9 Å². The molecule has 0 atom stereocenters. The number of nitrogens with zero attached hydrogens (tertiary/aromatic N) is 3. The molecule has 2 aromatic heterocycles. The van der Waals surface area contributed by atoms with Crippen LogP contribution in [0.2, 0.25) is 0 Å². The first-order chi connectivity index (χ1) is 15.0. The van der Waals surface area contributed by atoms with Crippen LogP contribution in [0.4, 0.5) is 11.4 Å². The first-order valence-electron chi connectivity index (χ1n) is 10.7. The highest BCUT2D eigenvalue weighted by molar-refractivity contribution is 6.03. The molecule has 0 aliphatic rings. The second-order valence-electron chi connectivity index (χ2n) is 7.75. The van der Waals surface area contributed by atoms with Crippen molar-refractivity contribution in [3.63, 3.8) is 0 Å². The zero-order chi connectivity index (χ0) is 22.0. The lowest BCUT2D eigenvalue weighted by molar-refractivity contribution is 0.0953. The Morgan fingerprint density at radius 2 is 1.87 bits per heavy atom. The monoisotopic (exact) mass is 416 g/mol. The minimum atomic E-state index is -0.137. The molecule has 1 amide bonds. The molecule has 0 spiro atoms. The molecule has 7 heteroatoms. The molecule has 0 saturated carbocycles. The molecule has 0 aliphatic carbocycles. The molecule has 0 bridgehead atoms. The van der Waals surface area contributed by atoms with Gasteiger partial charge in [0, 0.05) is 30.5 Å². The summed E-state index contributed by atoms with van der Waals surface area (Å²) in [5.41, 5.74) is 17.0. The number of hydrogen-bond acceptors (Lipinski definition) is 5. The van der Waals surface area contributed by atoms with Crippen molar-refractivity contribution in [2.45, 2.75) is 39.7 Å². The summed E-state index contributed by atoms with van der Waals surface area (Å²) in [6, 6.07) is 13.2. The maximum atomic E-state index is 12.3. The van der Waals surface area contributed by atoms with E-state index in [1.807, 2.05) is 25.1 Å². The van der Waals surface area contributed by atoms with E-state index in [4.69, 9.17) is 21.4 Å². The number of nitrogens with two attached hydrogens (primary N) is 2. The van der Waals surface area contributed by atoms with Crippen LogP contribution in [0, 0.1) is 6.92 Å². The first-order valence-corrected chi connectivity index (χ1v) is 10.7. The van der Waals surface area contributed by atoms with Crippen LogP contribution in [0.1, 0.15) is 41.6 Å². The Bertz CT molecular complexity index is 1260. The molecule has 0 saturated heterocycles. The first kappa shape index (κ1) is 20.7. The fourth-order valence-corrected chi connectivity index (χ4v) is 3.96. The van der Waals surface area contributed by atoms with E-state index in [1.165, 1.54) is 0 Å². The number of nitrogen functional groups attached to an aromatic ring is 2. The van der Waals surface area contributed by atoms with E-state index in [1.54, 1.807) is 18.2 Å². The summed E-state index contributed by atoms with van der Waals surface area (Å²) in [5, 5.41) is 4.09. The van der Waals surface area contributed by atoms with E-state index in [-0.39, 0.29) is 5.91 Å². The molecule has 0 aliphatic heterocycles. The quantitative estimate of drug-likeness (QED) is 0.313. The fraction of sp³-hybridized carbons (Fsp3) is 0.292. The number of rotatable bonds is 7. The summed E-state index contributed by atoms with van der Waals surface area (Å²) in [4.78, 5) is 21.9. The van der Waals surface area contributed by atoms with Crippen molar-refractivity contribution in [1.29, 1.82) is 0 Å². The summed E-state index contributed by atoms with van der Waals surface area (Å²) < 4.78 is 2.31. The summed E-state index contributed by atoms with van der Waals surface area (Å²) in [6.07, 6.45) is 2.65. The molecule has 4 rings (SSSR count). The molecule has 31 heavy (non-hydrogen) atoms. The highest BCUT2D eigenvalue weighted by Crippen LogP contribution is 2.27. The van der Waals surface area contributed by atoms with E-state index < -0.39 is 0 Å². The smallest absolute Gasteiger partial charge is 0.251 e. The number of hydrogen-bond donors (Lipinski definition) is 3. The Morgan fingerprint density at radius 1 is 1.06 bits per heavy atom. The fourth-order valence-electron chi connectivity index (χ4n) is 3.96. The molecule has 0 fully saturated rings. The number of benzene rings is 2. The number of unbranched alkanes of at least 4 members (excludes halogenated alkanes) is 1. The normalized spacial score (nSPS) is 11.3. The Hall–Kier alpha value is -3.61. The SMILES string of the molecule is CCc1nc2c(C)nc3ccccc3c2n1CCCCNC(=O)c1ccc(N)c(N)c1. The van der Waals surface area contributed by atoms with Crippen LogP contribution >= 0.6 is 0 Å². The van der Waals surface area contributed by atoms with Gasteiger partial charge in [-0.05, 0) is 44.0 Å². The predicted octanol–water partition coefficient (Wildman–Crippen LogP) is 3.83. The van der Waals surface area contributed by atoms with Crippen LogP contribution in [0.15, 0.2) is 42.5 Å². The summed E-state index contributed by atoms with van der Waals surface area (Å²) in [7, 11) is 0. The van der Waals surface area contributed by atoms with Crippen LogP contribution in [0.5, 0.6) is 0 Å². The van der Waals surface area contributed by atoms with Gasteiger partial charge in [0.2, 0.25) is 0 Å². The number of imidazole rings is 1. The van der Waals surface area contributed by atoms with Gasteiger partial charge < -0.3 is 21.4 Å². The maximum absolute atomic E-state index is 12.3. The molecule has 2 heterocycles. The second kappa shape index (κ2) is 8.63. The molecular weight excluding hydrogens is 388 g/mol. The topological polar surface area (TPSA) is 112 Å². The molecule has 5 N–H and O–H groups in total. The molecule has 0 radical (unpaired) electrons. The van der Waals surface area contributed by atoms with Crippen LogP contribution in [-0.4, -0.2) is 27.0 Å². The van der Waals surface area contributed by atoms with Gasteiger partial charge in [0.1, 0.15) is 11.3 Å². The van der Waals surface area contributed by atoms with Gasteiger partial charge in [-0.2, -0.15) is 0 Å². The average Bonchev–Trinajstić information content (AvgIpc) is 3.15. The lowest BCUT2D eigenvalue weighted by atomic mass is 10.1. The van der Waals surface area contributed by atoms with Gasteiger partial charge in [-0.15, -0.1) is 0 Å². The van der Waals surface area contributed by atoms with Crippen molar-refractivity contribution in [1.82, 2.24) is 19.9 Å². The zero-order valence-electron chi connectivity index (χ0n) is 18.0. The summed E-state index contributed by atoms with van der Waals surface area (Å²) in [6.45, 7) is 5.59. The van der Waals surface area contributed by atoms with E-state index in [0.29, 0.717) is 23.5 Å². The third-order valence-electron chi connectivity index (χ3n) is 5.60. The number of carbonyl (C=O) groups excluding carboxylic acids is 1. The number of nitrogens with one attached hydrogen (secondary N) is 1. The van der Waals surface area contributed by atoms with Crippen LogP contribution < -0.4 is 16.8 Å². The minimum Gasteiger partial charge on any atom is -0.397 e. The number of amides is 1. The molecule has 0 unspecified atom stereocenters. The lowest BCUT2D eigenvalue weighted by Gasteiger charge is -2.11. The number of para-hydroxylation sites is 1. The Balaban J connectivity index is 1.45. The van der Waals surface area contributed by atoms with Crippen molar-refractivity contribution in [3.8, 4) is 0 Å². The van der Waals surface area contributed by atoms with Crippen molar-refractivity contribution in [2.75, 3.05) is 18.0 Å². The molecule has 4 aromatic rings. The van der Waals surface area contributed by atoms with Crippen molar-refractivity contribution in [2.24, 2.45) is 0 Å². The predicted molar refractivity (Wildman–Crippen MR) is 126 cm³/mol. The summed E-state index contributed by atoms with van der Waals surface area (Å²) in [5.74, 6) is 0.930. The Labute approximate surface area is 181 Å². The lowest BCUT2D eigenvalue weighted by Crippen LogP contribution is -2.24. The maximum Gasteiger partial charge on any atom is 0.251 e. The number of carbonyl (C=O) groups is 1. The van der Waals surface area contributed by atoms with E-state index in [9.17, 15) is 4.79 Å². The van der Waals surface area contributed by atoms with E-state index >= 15 is 0 Å². The van der Waals surface area contributed by atoms with Gasteiger partial charge in [0.25, 0.3) is 5.91 Å². The van der Waals surface area contributed by atoms with Gasteiger partial charge in [-0.1, -0.05) is 25.1 Å². The van der Waals surface area contributed by atoms with Crippen molar-refractivity contribution in [3.05, 3.63) is 59.5 Å². The van der Waals surface area contributed by atoms with Gasteiger partial charge in [-0.25, -0.2) is 4.98 Å². The third kappa shape index (κ3) is 4.03. The molecular formula is C24H28N6O. The van der Waals surface area contributed by atoms with Crippen LogP contribution in [-0.2, 0) is 13.0 Å². The van der Waals surface area contributed by atoms with Gasteiger partial charge >= 0.3 is 0 Å². The van der Waals surface area contributed by atoms with Gasteiger partial charge in [-0.3, -0.25) is 9.78 Å². The minimum absolute atomic E-state index is 0.137. The third-order valence-corrected chi connectivity index (χ3v) is 5.60. The number of fused-ring (bicyclic) bond motifs is 3. The molecule has 160 valence electrons. The number of aryl methyl sites for hydroxylation is 3. The highest BCUT2D eigenvalue weighted by Gasteiger charge is 2.15. The standard InChI is InChI=1S/C24H28N6O/c1-3-21-29-22-15(2)28-20-9-5-4-8-17(20)23(22)30(21)13-7-6-12-27-24(31)16-10-11-18(25)19(26)14-16/h4-5,8-11,14H,3,6-7,12-13,25-26H2,1-2H3,(H,27,31). The van der Waals surface area contributed by atoms with Gasteiger partial charge in [0.15, 0.2) is 0 Å². The Morgan fingerprint density at radius 3 is 2.65 bits per heavy atom. The average molecular weight is 417 g/mol. The highest BCUT2D eigenvalue weighted by atomic mass is 16.1. The van der Waals surface area contributed by atoms with Crippen LogP contribution in [0.25, 0.3) is 21.9 Å². The number of pyridine rings is 1. The molecule has 2 aromatic carbocycles. The van der Waals surface area contributed by atoms with Crippen molar-refractivity contribution < 1.29 is 4.79 Å². The second-order valence-corrected chi connectivity index (χ2v) is 7.75. The van der Waals surface area contributed by atoms with Crippen LogP contribution in [0.3, 0.4) is 0 Å². The summed E-state index contributed by atoms with van der Waals surface area (Å²) >= 11 is 0. The number of aromatic nitrogens is 3. The largest absolute Gasteiger partial charge is 0.397 e.